The van der Waals surface area contributed by atoms with Crippen molar-refractivity contribution in [2.75, 3.05) is 18.0 Å². The molecule has 0 spiro atoms. The molecule has 0 aromatic heterocycles. The van der Waals surface area contributed by atoms with Crippen LogP contribution < -0.4 is 10.2 Å². The van der Waals surface area contributed by atoms with Gasteiger partial charge in [0.1, 0.15) is 0 Å². The Balaban J connectivity index is 2.02. The summed E-state index contributed by atoms with van der Waals surface area (Å²) < 4.78 is 0. The van der Waals surface area contributed by atoms with Gasteiger partial charge in [0.2, 0.25) is 0 Å². The fourth-order valence-corrected chi connectivity index (χ4v) is 3.09. The Morgan fingerprint density at radius 2 is 1.95 bits per heavy atom. The van der Waals surface area contributed by atoms with Crippen molar-refractivity contribution >= 4 is 5.69 Å². The van der Waals surface area contributed by atoms with Crippen LogP contribution in [0, 0.1) is 5.92 Å². The van der Waals surface area contributed by atoms with Gasteiger partial charge in [0, 0.05) is 24.3 Å². The van der Waals surface area contributed by atoms with E-state index in [4.69, 9.17) is 0 Å². The van der Waals surface area contributed by atoms with E-state index in [0.717, 1.165) is 12.5 Å². The first-order valence-electron chi connectivity index (χ1n) is 7.71. The molecule has 1 aromatic rings. The second-order valence-electron chi connectivity index (χ2n) is 6.11. The molecule has 2 nitrogen and oxygen atoms in total. The van der Waals surface area contributed by atoms with Crippen LogP contribution in [0.1, 0.15) is 52.1 Å². The van der Waals surface area contributed by atoms with Crippen molar-refractivity contribution in [3.8, 4) is 0 Å². The van der Waals surface area contributed by atoms with Crippen LogP contribution >= 0.6 is 0 Å². The first-order chi connectivity index (χ1) is 9.11. The number of benzene rings is 1. The second-order valence-corrected chi connectivity index (χ2v) is 6.11. The van der Waals surface area contributed by atoms with Gasteiger partial charge in [0.15, 0.2) is 0 Å². The van der Waals surface area contributed by atoms with Crippen LogP contribution in [0.15, 0.2) is 24.3 Å². The molecule has 2 rings (SSSR count). The number of anilines is 1. The molecule has 1 aliphatic rings. The van der Waals surface area contributed by atoms with E-state index >= 15 is 0 Å². The quantitative estimate of drug-likeness (QED) is 0.861. The van der Waals surface area contributed by atoms with Crippen molar-refractivity contribution in [3.05, 3.63) is 29.8 Å². The standard InChI is InChI=1S/C17H28N2/c1-5-10-18-15(4)16-6-8-17(9-7-16)19-12-13(2)11-14(19)3/h6-9,13-15,18H,5,10-12H2,1-4H3. The van der Waals surface area contributed by atoms with Gasteiger partial charge < -0.3 is 10.2 Å². The number of rotatable bonds is 5. The molecule has 0 bridgehead atoms. The topological polar surface area (TPSA) is 15.3 Å². The molecule has 1 aliphatic heterocycles. The lowest BCUT2D eigenvalue weighted by molar-refractivity contribution is 0.570. The van der Waals surface area contributed by atoms with Gasteiger partial charge in [-0.25, -0.2) is 0 Å². The second kappa shape index (κ2) is 6.42. The molecule has 0 saturated carbocycles. The number of hydrogen-bond donors (Lipinski definition) is 1. The molecule has 0 amide bonds. The monoisotopic (exact) mass is 260 g/mol. The largest absolute Gasteiger partial charge is 0.369 e. The molecule has 1 heterocycles. The highest BCUT2D eigenvalue weighted by Crippen LogP contribution is 2.29. The highest BCUT2D eigenvalue weighted by molar-refractivity contribution is 5.50. The van der Waals surface area contributed by atoms with Crippen molar-refractivity contribution in [1.29, 1.82) is 0 Å². The fraction of sp³-hybridized carbons (Fsp3) is 0.647. The van der Waals surface area contributed by atoms with Crippen molar-refractivity contribution in [1.82, 2.24) is 5.32 Å². The van der Waals surface area contributed by atoms with E-state index < -0.39 is 0 Å². The van der Waals surface area contributed by atoms with Crippen LogP contribution in [-0.2, 0) is 0 Å². The Kier molecular flexibility index (Phi) is 4.87. The van der Waals surface area contributed by atoms with Crippen LogP contribution in [0.3, 0.4) is 0 Å². The average Bonchev–Trinajstić information content (AvgIpc) is 2.75. The summed E-state index contributed by atoms with van der Waals surface area (Å²) in [6, 6.07) is 10.2. The predicted molar refractivity (Wildman–Crippen MR) is 83.7 cm³/mol. The maximum absolute atomic E-state index is 3.54. The molecule has 19 heavy (non-hydrogen) atoms. The van der Waals surface area contributed by atoms with Crippen LogP contribution in [-0.4, -0.2) is 19.1 Å². The Hall–Kier alpha value is -1.02. The Morgan fingerprint density at radius 1 is 1.26 bits per heavy atom. The SMILES string of the molecule is CCCNC(C)c1ccc(N2CC(C)CC2C)cc1. The third-order valence-electron chi connectivity index (χ3n) is 4.21. The van der Waals surface area contributed by atoms with Gasteiger partial charge in [-0.1, -0.05) is 26.0 Å². The lowest BCUT2D eigenvalue weighted by Gasteiger charge is -2.24. The minimum Gasteiger partial charge on any atom is -0.369 e. The zero-order valence-corrected chi connectivity index (χ0v) is 12.8. The molecule has 1 fully saturated rings. The summed E-state index contributed by atoms with van der Waals surface area (Å²) in [5.41, 5.74) is 2.76. The third kappa shape index (κ3) is 3.50. The van der Waals surface area contributed by atoms with Crippen molar-refractivity contribution in [2.45, 2.75) is 52.6 Å². The summed E-state index contributed by atoms with van der Waals surface area (Å²) in [7, 11) is 0. The van der Waals surface area contributed by atoms with Crippen molar-refractivity contribution in [3.63, 3.8) is 0 Å². The smallest absolute Gasteiger partial charge is 0.0368 e. The van der Waals surface area contributed by atoms with Gasteiger partial charge in [-0.3, -0.25) is 0 Å². The molecule has 1 saturated heterocycles. The normalized spacial score (nSPS) is 24.7. The molecular weight excluding hydrogens is 232 g/mol. The van der Waals surface area contributed by atoms with Gasteiger partial charge in [-0.05, 0) is 56.8 Å². The third-order valence-corrected chi connectivity index (χ3v) is 4.21. The number of nitrogens with zero attached hydrogens (tertiary/aromatic N) is 1. The Bertz CT molecular complexity index is 385. The summed E-state index contributed by atoms with van der Waals surface area (Å²) in [5, 5.41) is 3.54. The molecule has 0 aliphatic carbocycles. The zero-order chi connectivity index (χ0) is 13.8. The first-order valence-corrected chi connectivity index (χ1v) is 7.71. The summed E-state index contributed by atoms with van der Waals surface area (Å²) in [5.74, 6) is 0.819. The molecular formula is C17H28N2. The zero-order valence-electron chi connectivity index (χ0n) is 12.8. The lowest BCUT2D eigenvalue weighted by Crippen LogP contribution is -2.26. The van der Waals surface area contributed by atoms with Gasteiger partial charge in [-0.15, -0.1) is 0 Å². The molecule has 3 unspecified atom stereocenters. The molecule has 2 heteroatoms. The van der Waals surface area contributed by atoms with E-state index in [1.54, 1.807) is 0 Å². The van der Waals surface area contributed by atoms with E-state index in [0.29, 0.717) is 12.1 Å². The van der Waals surface area contributed by atoms with E-state index in [-0.39, 0.29) is 0 Å². The van der Waals surface area contributed by atoms with E-state index in [1.807, 2.05) is 0 Å². The van der Waals surface area contributed by atoms with Gasteiger partial charge in [-0.2, -0.15) is 0 Å². The molecule has 1 N–H and O–H groups in total. The van der Waals surface area contributed by atoms with E-state index in [2.05, 4.69) is 62.2 Å². The molecule has 106 valence electrons. The predicted octanol–water partition coefficient (Wildman–Crippen LogP) is 3.98. The molecule has 1 aromatic carbocycles. The highest BCUT2D eigenvalue weighted by atomic mass is 15.2. The van der Waals surface area contributed by atoms with Crippen LogP contribution in [0.2, 0.25) is 0 Å². The molecule has 0 radical (unpaired) electrons. The minimum absolute atomic E-state index is 0.448. The Labute approximate surface area is 118 Å². The maximum Gasteiger partial charge on any atom is 0.0368 e. The lowest BCUT2D eigenvalue weighted by atomic mass is 10.1. The van der Waals surface area contributed by atoms with Gasteiger partial charge in [0.05, 0.1) is 0 Å². The van der Waals surface area contributed by atoms with Gasteiger partial charge in [0.25, 0.3) is 0 Å². The number of hydrogen-bond acceptors (Lipinski definition) is 2. The van der Waals surface area contributed by atoms with Crippen LogP contribution in [0.25, 0.3) is 0 Å². The summed E-state index contributed by atoms with van der Waals surface area (Å²) >= 11 is 0. The van der Waals surface area contributed by atoms with E-state index in [9.17, 15) is 0 Å². The Morgan fingerprint density at radius 3 is 2.47 bits per heavy atom. The van der Waals surface area contributed by atoms with Crippen LogP contribution in [0.5, 0.6) is 0 Å². The fourth-order valence-electron chi connectivity index (χ4n) is 3.09. The summed E-state index contributed by atoms with van der Waals surface area (Å²) in [4.78, 5) is 2.54. The van der Waals surface area contributed by atoms with Crippen molar-refractivity contribution in [2.24, 2.45) is 5.92 Å². The van der Waals surface area contributed by atoms with Gasteiger partial charge >= 0.3 is 0 Å². The maximum atomic E-state index is 3.54. The van der Waals surface area contributed by atoms with Crippen LogP contribution in [0.4, 0.5) is 5.69 Å². The first kappa shape index (κ1) is 14.4. The van der Waals surface area contributed by atoms with Crippen molar-refractivity contribution < 1.29 is 0 Å². The minimum atomic E-state index is 0.448. The average molecular weight is 260 g/mol. The van der Waals surface area contributed by atoms with E-state index in [1.165, 1.54) is 30.6 Å². The highest BCUT2D eigenvalue weighted by Gasteiger charge is 2.26. The summed E-state index contributed by atoms with van der Waals surface area (Å²) in [6.45, 7) is 11.4. The summed E-state index contributed by atoms with van der Waals surface area (Å²) in [6.07, 6.45) is 2.50. The molecule has 3 atom stereocenters. The number of nitrogens with one attached hydrogen (secondary N) is 1.